The van der Waals surface area contributed by atoms with Crippen molar-refractivity contribution >= 4 is 11.7 Å². The van der Waals surface area contributed by atoms with E-state index in [2.05, 4.69) is 0 Å². The van der Waals surface area contributed by atoms with Crippen LogP contribution >= 0.6 is 0 Å². The average Bonchev–Trinajstić information content (AvgIpc) is 2.57. The molecule has 5 nitrogen and oxygen atoms in total. The van der Waals surface area contributed by atoms with Gasteiger partial charge in [0.25, 0.3) is 5.91 Å². The Labute approximate surface area is 167 Å². The van der Waals surface area contributed by atoms with E-state index >= 15 is 0 Å². The molecule has 0 aliphatic heterocycles. The lowest BCUT2D eigenvalue weighted by Crippen LogP contribution is -2.55. The Balaban J connectivity index is 2.71. The fourth-order valence-electron chi connectivity index (χ4n) is 2.39. The van der Waals surface area contributed by atoms with Crippen molar-refractivity contribution in [2.45, 2.75) is 45.7 Å². The number of ketones is 1. The van der Waals surface area contributed by atoms with Gasteiger partial charge in [-0.25, -0.2) is 0 Å². The minimum Gasteiger partial charge on any atom is -0.483 e. The van der Waals surface area contributed by atoms with Gasteiger partial charge in [-0.2, -0.15) is 30.7 Å². The first-order valence-electron chi connectivity index (χ1n) is 8.31. The molecule has 1 amide bonds. The number of hydrazine groups is 1. The van der Waals surface area contributed by atoms with E-state index < -0.39 is 42.0 Å². The van der Waals surface area contributed by atoms with Crippen molar-refractivity contribution in [3.05, 3.63) is 40.6 Å². The molecule has 0 heterocycles. The van der Waals surface area contributed by atoms with Gasteiger partial charge in [0.05, 0.1) is 0 Å². The van der Waals surface area contributed by atoms with E-state index in [9.17, 15) is 40.3 Å². The summed E-state index contributed by atoms with van der Waals surface area (Å²) in [7, 11) is 0. The first kappa shape index (κ1) is 25.2. The van der Waals surface area contributed by atoms with Gasteiger partial charge < -0.3 is 10.2 Å². The van der Waals surface area contributed by atoms with Crippen molar-refractivity contribution in [1.82, 2.24) is 10.9 Å². The van der Waals surface area contributed by atoms with Crippen LogP contribution in [0.2, 0.25) is 0 Å². The summed E-state index contributed by atoms with van der Waals surface area (Å²) in [5.74, 6) is -15.8. The van der Waals surface area contributed by atoms with Gasteiger partial charge >= 0.3 is 18.0 Å². The van der Waals surface area contributed by atoms with Gasteiger partial charge in [0.2, 0.25) is 5.78 Å². The normalized spacial score (nSPS) is 13.1. The zero-order chi connectivity index (χ0) is 23.5. The molecule has 1 aromatic carbocycles. The first-order chi connectivity index (χ1) is 13.5. The number of ether oxygens (including phenoxy) is 1. The van der Waals surface area contributed by atoms with E-state index in [1.807, 2.05) is 29.9 Å². The highest BCUT2D eigenvalue weighted by molar-refractivity contribution is 5.97. The second-order valence-electron chi connectivity index (χ2n) is 6.53. The van der Waals surface area contributed by atoms with Crippen LogP contribution in [0.4, 0.5) is 30.7 Å². The molecule has 1 rings (SSSR count). The molecule has 0 bridgehead atoms. The molecule has 0 aromatic heterocycles. The fraction of sp³-hybridized carbons (Fsp3) is 0.444. The second-order valence-corrected chi connectivity index (χ2v) is 6.53. The van der Waals surface area contributed by atoms with Gasteiger partial charge in [-0.15, -0.1) is 0 Å². The van der Waals surface area contributed by atoms with Crippen LogP contribution < -0.4 is 15.6 Å². The molecule has 2 N–H and O–H groups in total. The fourth-order valence-corrected chi connectivity index (χ4v) is 2.39. The molecule has 30 heavy (non-hydrogen) atoms. The number of nitrogens with one attached hydrogen (secondary N) is 2. The molecule has 0 saturated heterocycles. The summed E-state index contributed by atoms with van der Waals surface area (Å²) in [5, 5.41) is 0. The minimum atomic E-state index is -6.63. The predicted molar refractivity (Wildman–Crippen MR) is 92.1 cm³/mol. The predicted octanol–water partition coefficient (Wildman–Crippen LogP) is 3.92. The monoisotopic (exact) mass is 444 g/mol. The summed E-state index contributed by atoms with van der Waals surface area (Å²) >= 11 is 0. The van der Waals surface area contributed by atoms with Crippen molar-refractivity contribution in [2.24, 2.45) is 0 Å². The quantitative estimate of drug-likeness (QED) is 0.363. The lowest BCUT2D eigenvalue weighted by atomic mass is 10.1. The van der Waals surface area contributed by atoms with Crippen LogP contribution in [0.3, 0.4) is 0 Å². The minimum absolute atomic E-state index is 0.172. The van der Waals surface area contributed by atoms with Crippen LogP contribution in [0, 0.1) is 20.8 Å². The lowest BCUT2D eigenvalue weighted by Gasteiger charge is -2.26. The van der Waals surface area contributed by atoms with Crippen LogP contribution in [0.25, 0.3) is 0 Å². The topological polar surface area (TPSA) is 67.4 Å². The van der Waals surface area contributed by atoms with Crippen molar-refractivity contribution in [2.75, 3.05) is 6.61 Å². The zero-order valence-corrected chi connectivity index (χ0v) is 16.3. The molecule has 12 heteroatoms. The number of alkyl halides is 7. The molecule has 0 spiro atoms. The summed E-state index contributed by atoms with van der Waals surface area (Å²) in [6, 6.07) is 3.63. The maximum absolute atomic E-state index is 13.3. The second kappa shape index (κ2) is 8.92. The van der Waals surface area contributed by atoms with Crippen LogP contribution in [-0.4, -0.2) is 36.3 Å². The molecule has 0 fully saturated rings. The molecule has 0 aliphatic carbocycles. The molecular weight excluding hydrogens is 425 g/mol. The summed E-state index contributed by atoms with van der Waals surface area (Å²) < 4.78 is 93.8. The van der Waals surface area contributed by atoms with Gasteiger partial charge in [0, 0.05) is 11.8 Å². The van der Waals surface area contributed by atoms with Gasteiger partial charge in [0.1, 0.15) is 5.75 Å². The molecule has 0 unspecified atom stereocenters. The largest absolute Gasteiger partial charge is 0.483 e. The highest BCUT2D eigenvalue weighted by Gasteiger charge is 2.75. The Morgan fingerprint density at radius 1 is 0.967 bits per heavy atom. The maximum Gasteiger partial charge on any atom is 0.460 e. The van der Waals surface area contributed by atoms with Crippen molar-refractivity contribution in [3.63, 3.8) is 0 Å². The number of benzene rings is 1. The molecule has 0 radical (unpaired) electrons. The summed E-state index contributed by atoms with van der Waals surface area (Å²) in [6.45, 7) is 5.74. The Bertz CT molecular complexity index is 826. The van der Waals surface area contributed by atoms with E-state index in [1.165, 1.54) is 0 Å². The first-order valence-corrected chi connectivity index (χ1v) is 8.31. The van der Waals surface area contributed by atoms with E-state index in [0.717, 1.165) is 23.6 Å². The van der Waals surface area contributed by atoms with Gasteiger partial charge in [-0.1, -0.05) is 17.7 Å². The Morgan fingerprint density at radius 3 is 1.93 bits per heavy atom. The average molecular weight is 444 g/mol. The van der Waals surface area contributed by atoms with E-state index in [1.54, 1.807) is 13.8 Å². The molecule has 168 valence electrons. The third-order valence-electron chi connectivity index (χ3n) is 3.76. The SMILES string of the molecule is C/C(=C\C(=O)C(F)(F)C(F)(F)C(F)(F)F)NNC(=O)COc1c(C)cc(C)cc1C. The summed E-state index contributed by atoms with van der Waals surface area (Å²) in [4.78, 5) is 23.0. The van der Waals surface area contributed by atoms with Crippen molar-refractivity contribution in [1.29, 1.82) is 0 Å². The van der Waals surface area contributed by atoms with Crippen LogP contribution in [-0.2, 0) is 9.59 Å². The van der Waals surface area contributed by atoms with Crippen LogP contribution in [0.1, 0.15) is 23.6 Å². The number of allylic oxidation sites excluding steroid dienone is 2. The molecule has 1 aromatic rings. The Hall–Kier alpha value is -2.79. The standard InChI is InChI=1S/C18H19F7N2O3/c1-9-5-10(2)15(11(3)6-9)30-8-14(29)27-26-12(4)7-13(28)16(19,20)17(21,22)18(23,24)25/h5-7,26H,8H2,1-4H3,(H,27,29)/b12-7+. The third kappa shape index (κ3) is 5.63. The molecule has 0 saturated carbocycles. The van der Waals surface area contributed by atoms with Crippen LogP contribution in [0.5, 0.6) is 5.75 Å². The lowest BCUT2D eigenvalue weighted by molar-refractivity contribution is -0.342. The Morgan fingerprint density at radius 2 is 1.47 bits per heavy atom. The number of amides is 1. The molecular formula is C18H19F7N2O3. The highest BCUT2D eigenvalue weighted by Crippen LogP contribution is 2.47. The van der Waals surface area contributed by atoms with Gasteiger partial charge in [-0.3, -0.25) is 15.0 Å². The summed E-state index contributed by atoms with van der Waals surface area (Å²) in [6.07, 6.45) is -6.80. The van der Waals surface area contributed by atoms with Crippen LogP contribution in [0.15, 0.2) is 23.9 Å². The van der Waals surface area contributed by atoms with E-state index in [-0.39, 0.29) is 6.08 Å². The maximum atomic E-state index is 13.3. The number of hydrogen-bond acceptors (Lipinski definition) is 4. The number of carbonyl (C=O) groups excluding carboxylic acids is 2. The van der Waals surface area contributed by atoms with E-state index in [0.29, 0.717) is 5.75 Å². The van der Waals surface area contributed by atoms with Gasteiger partial charge in [0.15, 0.2) is 6.61 Å². The Kier molecular flexibility index (Phi) is 7.51. The number of halogens is 7. The zero-order valence-electron chi connectivity index (χ0n) is 16.3. The highest BCUT2D eigenvalue weighted by atomic mass is 19.4. The van der Waals surface area contributed by atoms with Crippen molar-refractivity contribution in [3.8, 4) is 5.75 Å². The van der Waals surface area contributed by atoms with Crippen molar-refractivity contribution < 1.29 is 45.1 Å². The third-order valence-corrected chi connectivity index (χ3v) is 3.76. The number of hydrogen-bond donors (Lipinski definition) is 2. The number of aryl methyl sites for hydroxylation is 3. The van der Waals surface area contributed by atoms with Gasteiger partial charge in [-0.05, 0) is 38.8 Å². The summed E-state index contributed by atoms with van der Waals surface area (Å²) in [5.41, 5.74) is 5.77. The van der Waals surface area contributed by atoms with E-state index in [4.69, 9.17) is 4.74 Å². The number of carbonyl (C=O) groups is 2. The number of rotatable bonds is 8. The smallest absolute Gasteiger partial charge is 0.460 e. The molecule has 0 aliphatic rings. The molecule has 0 atom stereocenters.